The van der Waals surface area contributed by atoms with E-state index in [0.29, 0.717) is 23.1 Å². The van der Waals surface area contributed by atoms with Crippen molar-refractivity contribution in [3.63, 3.8) is 0 Å². The summed E-state index contributed by atoms with van der Waals surface area (Å²) >= 11 is 0. The highest BCUT2D eigenvalue weighted by Gasteiger charge is 2.30. The predicted molar refractivity (Wildman–Crippen MR) is 156 cm³/mol. The fraction of sp³-hybridized carbons (Fsp3) is 0.429. The fourth-order valence-electron chi connectivity index (χ4n) is 4.78. The number of anilines is 2. The van der Waals surface area contributed by atoms with Crippen LogP contribution in [0.5, 0.6) is 0 Å². The first-order chi connectivity index (χ1) is 19.2. The third-order valence-corrected chi connectivity index (χ3v) is 8.94. The maximum atomic E-state index is 13.5. The van der Waals surface area contributed by atoms with Crippen LogP contribution < -0.4 is 10.6 Å². The normalized spacial score (nSPS) is 15.4. The summed E-state index contributed by atoms with van der Waals surface area (Å²) in [5, 5.41) is 7.16. The van der Waals surface area contributed by atoms with Gasteiger partial charge in [-0.2, -0.15) is 13.2 Å². The molecule has 2 aromatic carbocycles. The van der Waals surface area contributed by atoms with Crippen LogP contribution in [0.4, 0.5) is 24.5 Å². The van der Waals surface area contributed by atoms with Crippen molar-refractivity contribution in [1.82, 2.24) is 9.47 Å². The molecule has 41 heavy (non-hydrogen) atoms. The quantitative estimate of drug-likeness (QED) is 0.354. The first kappa shape index (κ1) is 30.7. The molecule has 1 aliphatic heterocycles. The Balaban J connectivity index is 1.49. The van der Waals surface area contributed by atoms with Gasteiger partial charge in [0.25, 0.3) is 0 Å². The van der Waals surface area contributed by atoms with Crippen LogP contribution in [0.1, 0.15) is 18.5 Å². The van der Waals surface area contributed by atoms with Gasteiger partial charge in [0.15, 0.2) is 9.84 Å². The summed E-state index contributed by atoms with van der Waals surface area (Å²) < 4.78 is 87.9. The number of fused-ring (bicyclic) bond motifs is 1. The molecule has 0 spiro atoms. The third-order valence-electron chi connectivity index (χ3n) is 6.89. The molecule has 3 aromatic rings. The van der Waals surface area contributed by atoms with Gasteiger partial charge >= 0.3 is 6.18 Å². The number of hydrogen-bond acceptors (Lipinski definition) is 7. The zero-order chi connectivity index (χ0) is 29.8. The average Bonchev–Trinajstić information content (AvgIpc) is 3.22. The van der Waals surface area contributed by atoms with Gasteiger partial charge in [-0.15, -0.1) is 0 Å². The monoisotopic (exact) mass is 610 g/mol. The summed E-state index contributed by atoms with van der Waals surface area (Å²) in [5.41, 5.74) is 2.02. The summed E-state index contributed by atoms with van der Waals surface area (Å²) in [6.07, 6.45) is -0.525. The van der Waals surface area contributed by atoms with E-state index in [-0.39, 0.29) is 28.9 Å². The zero-order valence-corrected chi connectivity index (χ0v) is 24.5. The largest absolute Gasteiger partial charge is 0.406 e. The van der Waals surface area contributed by atoms with Crippen molar-refractivity contribution in [3.05, 3.63) is 54.2 Å². The molecule has 2 heterocycles. The number of likely N-dealkylation sites (tertiary alicyclic amines) is 1. The standard InChI is InChI=1S/C28H33F3N4O4S2/c1-40(36,37)18-17-34-15-12-22(13-16-34)33-26-6-3-7-27-25(26)19-23(35(27)20-28(29,30)31)5-4-14-32-21-8-10-24(11-9-21)41(2,38)39/h3,6-11,19,22,32-33H,12-18,20H2,1-2H3. The highest BCUT2D eigenvalue weighted by Crippen LogP contribution is 2.31. The van der Waals surface area contributed by atoms with Crippen molar-refractivity contribution >= 4 is 42.0 Å². The van der Waals surface area contributed by atoms with E-state index in [2.05, 4.69) is 27.4 Å². The maximum Gasteiger partial charge on any atom is 0.406 e. The van der Waals surface area contributed by atoms with E-state index in [1.165, 1.54) is 23.0 Å². The molecule has 0 aliphatic carbocycles. The van der Waals surface area contributed by atoms with Crippen LogP contribution in [0.2, 0.25) is 0 Å². The van der Waals surface area contributed by atoms with E-state index >= 15 is 0 Å². The van der Waals surface area contributed by atoms with Crippen LogP contribution in [0.3, 0.4) is 0 Å². The Morgan fingerprint density at radius 3 is 2.29 bits per heavy atom. The minimum absolute atomic E-state index is 0.105. The number of piperidine rings is 1. The lowest BCUT2D eigenvalue weighted by Crippen LogP contribution is -2.41. The Labute approximate surface area is 238 Å². The van der Waals surface area contributed by atoms with E-state index in [1.807, 2.05) is 6.07 Å². The van der Waals surface area contributed by atoms with E-state index in [1.54, 1.807) is 30.3 Å². The molecule has 0 radical (unpaired) electrons. The molecular formula is C28H33F3N4O4S2. The van der Waals surface area contributed by atoms with Gasteiger partial charge in [-0.3, -0.25) is 0 Å². The van der Waals surface area contributed by atoms with Crippen molar-refractivity contribution in [2.75, 3.05) is 55.1 Å². The van der Waals surface area contributed by atoms with Gasteiger partial charge in [0.2, 0.25) is 0 Å². The van der Waals surface area contributed by atoms with Crippen LogP contribution in [0.15, 0.2) is 53.4 Å². The minimum Gasteiger partial charge on any atom is -0.382 e. The second-order valence-electron chi connectivity index (χ2n) is 10.3. The van der Waals surface area contributed by atoms with Gasteiger partial charge in [-0.1, -0.05) is 12.0 Å². The van der Waals surface area contributed by atoms with Crippen LogP contribution in [-0.2, 0) is 26.2 Å². The molecule has 222 valence electrons. The third kappa shape index (κ3) is 8.89. The number of sulfone groups is 2. The molecule has 1 aliphatic rings. The van der Waals surface area contributed by atoms with Crippen molar-refractivity contribution in [2.45, 2.75) is 36.5 Å². The Kier molecular flexibility index (Phi) is 9.25. The van der Waals surface area contributed by atoms with E-state index in [9.17, 15) is 30.0 Å². The molecule has 0 amide bonds. The zero-order valence-electron chi connectivity index (χ0n) is 22.8. The Morgan fingerprint density at radius 1 is 1.00 bits per heavy atom. The number of alkyl halides is 3. The predicted octanol–water partition coefficient (Wildman–Crippen LogP) is 3.99. The lowest BCUT2D eigenvalue weighted by atomic mass is 10.0. The van der Waals surface area contributed by atoms with Crippen molar-refractivity contribution in [1.29, 1.82) is 0 Å². The van der Waals surface area contributed by atoms with E-state index < -0.39 is 32.4 Å². The van der Waals surface area contributed by atoms with Gasteiger partial charge in [-0.05, 0) is 61.2 Å². The molecule has 8 nitrogen and oxygen atoms in total. The maximum absolute atomic E-state index is 13.5. The minimum atomic E-state index is -4.44. The fourth-order valence-corrected chi connectivity index (χ4v) is 6.00. The van der Waals surface area contributed by atoms with Gasteiger partial charge < -0.3 is 20.1 Å². The molecule has 0 unspecified atom stereocenters. The molecule has 1 aromatic heterocycles. The highest BCUT2D eigenvalue weighted by atomic mass is 32.2. The van der Waals surface area contributed by atoms with Gasteiger partial charge in [-0.25, -0.2) is 16.8 Å². The van der Waals surface area contributed by atoms with Crippen LogP contribution in [-0.4, -0.2) is 83.0 Å². The topological polar surface area (TPSA) is 101 Å². The van der Waals surface area contributed by atoms with Crippen molar-refractivity contribution < 1.29 is 30.0 Å². The molecule has 0 atom stereocenters. The molecule has 0 bridgehead atoms. The van der Waals surface area contributed by atoms with Crippen molar-refractivity contribution in [3.8, 4) is 11.8 Å². The number of benzene rings is 2. The summed E-state index contributed by atoms with van der Waals surface area (Å²) in [5.74, 6) is 5.86. The van der Waals surface area contributed by atoms with Gasteiger partial charge in [0.05, 0.1) is 28.4 Å². The molecular weight excluding hydrogens is 577 g/mol. The average molecular weight is 611 g/mol. The van der Waals surface area contributed by atoms with Crippen LogP contribution in [0, 0.1) is 11.8 Å². The Hall–Kier alpha value is -3.21. The molecule has 1 fully saturated rings. The van der Waals surface area contributed by atoms with E-state index in [0.717, 1.165) is 37.9 Å². The highest BCUT2D eigenvalue weighted by molar-refractivity contribution is 7.91. The first-order valence-corrected chi connectivity index (χ1v) is 17.0. The van der Waals surface area contributed by atoms with Gasteiger partial charge in [0.1, 0.15) is 16.4 Å². The van der Waals surface area contributed by atoms with Crippen LogP contribution in [0.25, 0.3) is 10.9 Å². The molecule has 13 heteroatoms. The Morgan fingerprint density at radius 2 is 1.68 bits per heavy atom. The number of nitrogens with one attached hydrogen (secondary N) is 2. The molecule has 2 N–H and O–H groups in total. The second-order valence-corrected chi connectivity index (χ2v) is 14.6. The number of halogens is 3. The summed E-state index contributed by atoms with van der Waals surface area (Å²) in [7, 11) is -6.34. The first-order valence-electron chi connectivity index (χ1n) is 13.1. The van der Waals surface area contributed by atoms with Crippen molar-refractivity contribution in [2.24, 2.45) is 0 Å². The van der Waals surface area contributed by atoms with Gasteiger partial charge in [0, 0.05) is 54.9 Å². The summed E-state index contributed by atoms with van der Waals surface area (Å²) in [6, 6.07) is 13.1. The molecule has 4 rings (SSSR count). The number of nitrogens with zero attached hydrogens (tertiary/aromatic N) is 2. The smallest absolute Gasteiger partial charge is 0.382 e. The lowest BCUT2D eigenvalue weighted by molar-refractivity contribution is -0.140. The number of hydrogen-bond donors (Lipinski definition) is 2. The molecule has 1 saturated heterocycles. The Bertz CT molecular complexity index is 1650. The summed E-state index contributed by atoms with van der Waals surface area (Å²) in [4.78, 5) is 2.30. The summed E-state index contributed by atoms with van der Waals surface area (Å²) in [6.45, 7) is 0.931. The SMILES string of the molecule is CS(=O)(=O)CCN1CCC(Nc2cccc3c2cc(C#CCNc2ccc(S(C)(=O)=O)cc2)n3CC(F)(F)F)CC1. The molecule has 0 saturated carbocycles. The van der Waals surface area contributed by atoms with Crippen LogP contribution >= 0.6 is 0 Å². The number of rotatable bonds is 9. The number of aromatic nitrogens is 1. The second kappa shape index (κ2) is 12.3. The lowest BCUT2D eigenvalue weighted by Gasteiger charge is -2.32. The van der Waals surface area contributed by atoms with E-state index in [4.69, 9.17) is 0 Å².